The van der Waals surface area contributed by atoms with E-state index in [9.17, 15) is 4.79 Å². The number of nitrogens with zero attached hydrogens (tertiary/aromatic N) is 3. The third kappa shape index (κ3) is 5.25. The summed E-state index contributed by atoms with van der Waals surface area (Å²) in [4.78, 5) is 19.6. The second-order valence-electron chi connectivity index (χ2n) is 7.74. The first-order valence-electron chi connectivity index (χ1n) is 10.7. The molecule has 6 nitrogen and oxygen atoms in total. The predicted octanol–water partition coefficient (Wildman–Crippen LogP) is 5.48. The van der Waals surface area contributed by atoms with Crippen LogP contribution in [0, 0.1) is 0 Å². The Hall–Kier alpha value is -2.86. The molecular weight excluding hydrogens is 414 g/mol. The van der Waals surface area contributed by atoms with Gasteiger partial charge in [-0.05, 0) is 54.8 Å². The van der Waals surface area contributed by atoms with Crippen LogP contribution in [-0.4, -0.2) is 34.6 Å². The monoisotopic (exact) mass is 439 g/mol. The van der Waals surface area contributed by atoms with E-state index >= 15 is 0 Å². The Bertz CT molecular complexity index is 1000. The van der Waals surface area contributed by atoms with Gasteiger partial charge in [-0.2, -0.15) is 4.98 Å². The smallest absolute Gasteiger partial charge is 0.227 e. The van der Waals surface area contributed by atoms with E-state index in [2.05, 4.69) is 22.3 Å². The van der Waals surface area contributed by atoms with Crippen LogP contribution in [0.15, 0.2) is 53.1 Å². The van der Waals surface area contributed by atoms with Crippen LogP contribution in [0.4, 0.5) is 0 Å². The quantitative estimate of drug-likeness (QED) is 0.509. The first-order chi connectivity index (χ1) is 15.1. The summed E-state index contributed by atoms with van der Waals surface area (Å²) >= 11 is 5.93. The Kier molecular flexibility index (Phi) is 6.87. The SMILES string of the molecule is COc1ccc(C2CCCCCN2C(=O)CCc2nc(-c3ccc(Cl)cc3)no2)cc1. The molecule has 0 saturated carbocycles. The number of aromatic nitrogens is 2. The number of rotatable bonds is 6. The average molecular weight is 440 g/mol. The van der Waals surface area contributed by atoms with Gasteiger partial charge >= 0.3 is 0 Å². The molecule has 1 unspecified atom stereocenters. The van der Waals surface area contributed by atoms with Gasteiger partial charge in [0.2, 0.25) is 17.6 Å². The van der Waals surface area contributed by atoms with Gasteiger partial charge in [-0.3, -0.25) is 4.79 Å². The summed E-state index contributed by atoms with van der Waals surface area (Å²) < 4.78 is 10.6. The summed E-state index contributed by atoms with van der Waals surface area (Å²) in [7, 11) is 1.66. The zero-order valence-electron chi connectivity index (χ0n) is 17.6. The van der Waals surface area contributed by atoms with Gasteiger partial charge in [-0.1, -0.05) is 41.7 Å². The summed E-state index contributed by atoms with van der Waals surface area (Å²) in [5, 5.41) is 4.69. The van der Waals surface area contributed by atoms with Crippen molar-refractivity contribution in [3.63, 3.8) is 0 Å². The number of benzene rings is 2. The number of hydrogen-bond donors (Lipinski definition) is 0. The average Bonchev–Trinajstić information content (AvgIpc) is 3.14. The molecule has 4 rings (SSSR count). The van der Waals surface area contributed by atoms with Crippen molar-refractivity contribution < 1.29 is 14.1 Å². The molecule has 7 heteroatoms. The number of halogens is 1. The van der Waals surface area contributed by atoms with Gasteiger partial charge < -0.3 is 14.2 Å². The highest BCUT2D eigenvalue weighted by Crippen LogP contribution is 2.32. The van der Waals surface area contributed by atoms with Gasteiger partial charge in [0.15, 0.2) is 0 Å². The second-order valence-corrected chi connectivity index (χ2v) is 8.18. The number of ether oxygens (including phenoxy) is 1. The topological polar surface area (TPSA) is 68.5 Å². The van der Waals surface area contributed by atoms with Crippen LogP contribution in [0.1, 0.15) is 49.6 Å². The maximum atomic E-state index is 13.1. The van der Waals surface area contributed by atoms with Crippen LogP contribution < -0.4 is 4.74 Å². The largest absolute Gasteiger partial charge is 0.497 e. The van der Waals surface area contributed by atoms with E-state index < -0.39 is 0 Å². The van der Waals surface area contributed by atoms with Crippen LogP contribution in [-0.2, 0) is 11.2 Å². The standard InChI is InChI=1S/C24H26ClN3O3/c1-30-20-12-8-17(9-13-20)21-5-3-2-4-16-28(21)23(29)15-14-22-26-24(27-31-22)18-6-10-19(25)11-7-18/h6-13,21H,2-5,14-16H2,1H3. The van der Waals surface area contributed by atoms with E-state index in [0.29, 0.717) is 29.6 Å². The number of hydrogen-bond acceptors (Lipinski definition) is 5. The van der Waals surface area contributed by atoms with E-state index in [1.807, 2.05) is 29.2 Å². The minimum atomic E-state index is 0.0909. The van der Waals surface area contributed by atoms with Crippen LogP contribution in [0.2, 0.25) is 5.02 Å². The highest BCUT2D eigenvalue weighted by atomic mass is 35.5. The van der Waals surface area contributed by atoms with Crippen molar-refractivity contribution in [2.75, 3.05) is 13.7 Å². The van der Waals surface area contributed by atoms with Gasteiger partial charge in [0.1, 0.15) is 5.75 Å². The number of likely N-dealkylation sites (tertiary alicyclic amines) is 1. The Morgan fingerprint density at radius 1 is 1.13 bits per heavy atom. The lowest BCUT2D eigenvalue weighted by Crippen LogP contribution is -2.35. The number of carbonyl (C=O) groups excluding carboxylic acids is 1. The molecule has 1 fully saturated rings. The molecule has 0 N–H and O–H groups in total. The predicted molar refractivity (Wildman–Crippen MR) is 119 cm³/mol. The van der Waals surface area contributed by atoms with Crippen LogP contribution in [0.25, 0.3) is 11.4 Å². The molecule has 2 aromatic carbocycles. The number of amides is 1. The summed E-state index contributed by atoms with van der Waals surface area (Å²) in [6.07, 6.45) is 5.03. The van der Waals surface area contributed by atoms with Crippen LogP contribution in [0.5, 0.6) is 5.75 Å². The van der Waals surface area contributed by atoms with E-state index in [-0.39, 0.29) is 11.9 Å². The number of aryl methyl sites for hydroxylation is 1. The van der Waals surface area contributed by atoms with Gasteiger partial charge in [0, 0.05) is 30.0 Å². The van der Waals surface area contributed by atoms with Crippen molar-refractivity contribution in [1.82, 2.24) is 15.0 Å². The third-order valence-electron chi connectivity index (χ3n) is 5.70. The molecule has 1 saturated heterocycles. The normalized spacial score (nSPS) is 16.7. The maximum Gasteiger partial charge on any atom is 0.227 e. The van der Waals surface area contributed by atoms with E-state index in [1.54, 1.807) is 19.2 Å². The molecule has 1 aliphatic rings. The lowest BCUT2D eigenvalue weighted by molar-refractivity contribution is -0.133. The molecule has 162 valence electrons. The van der Waals surface area contributed by atoms with Crippen molar-refractivity contribution >= 4 is 17.5 Å². The first-order valence-corrected chi connectivity index (χ1v) is 11.0. The highest BCUT2D eigenvalue weighted by molar-refractivity contribution is 6.30. The summed E-state index contributed by atoms with van der Waals surface area (Å²) in [5.41, 5.74) is 1.98. The van der Waals surface area contributed by atoms with Crippen LogP contribution >= 0.6 is 11.6 Å². The fraction of sp³-hybridized carbons (Fsp3) is 0.375. The molecule has 0 bridgehead atoms. The van der Waals surface area contributed by atoms with Crippen molar-refractivity contribution in [3.8, 4) is 17.1 Å². The van der Waals surface area contributed by atoms with Crippen LogP contribution in [0.3, 0.4) is 0 Å². The Balaban J connectivity index is 1.42. The molecule has 0 aliphatic carbocycles. The van der Waals surface area contributed by atoms with Crippen molar-refractivity contribution in [2.45, 2.75) is 44.6 Å². The molecule has 3 aromatic rings. The first kappa shape index (κ1) is 21.4. The Morgan fingerprint density at radius 3 is 2.65 bits per heavy atom. The molecule has 31 heavy (non-hydrogen) atoms. The molecule has 2 heterocycles. The van der Waals surface area contributed by atoms with E-state index in [1.165, 1.54) is 0 Å². The molecular formula is C24H26ClN3O3. The summed E-state index contributed by atoms with van der Waals surface area (Å²) in [5.74, 6) is 1.91. The van der Waals surface area contributed by atoms with Gasteiger partial charge in [-0.15, -0.1) is 0 Å². The molecule has 1 amide bonds. The lowest BCUT2D eigenvalue weighted by atomic mass is 10.00. The molecule has 1 atom stereocenters. The molecule has 0 radical (unpaired) electrons. The van der Waals surface area contributed by atoms with E-state index in [4.69, 9.17) is 20.9 Å². The summed E-state index contributed by atoms with van der Waals surface area (Å²) in [6.45, 7) is 0.773. The maximum absolute atomic E-state index is 13.1. The highest BCUT2D eigenvalue weighted by Gasteiger charge is 2.27. The van der Waals surface area contributed by atoms with Crippen molar-refractivity contribution in [1.29, 1.82) is 0 Å². The fourth-order valence-electron chi connectivity index (χ4n) is 4.01. The minimum Gasteiger partial charge on any atom is -0.497 e. The van der Waals surface area contributed by atoms with Gasteiger partial charge in [-0.25, -0.2) is 0 Å². The third-order valence-corrected chi connectivity index (χ3v) is 5.95. The Morgan fingerprint density at radius 2 is 1.90 bits per heavy atom. The zero-order chi connectivity index (χ0) is 21.6. The minimum absolute atomic E-state index is 0.0909. The fourth-order valence-corrected chi connectivity index (χ4v) is 4.14. The molecule has 1 aromatic heterocycles. The zero-order valence-corrected chi connectivity index (χ0v) is 18.3. The van der Waals surface area contributed by atoms with Crippen molar-refractivity contribution in [3.05, 3.63) is 65.0 Å². The number of methoxy groups -OCH3 is 1. The van der Waals surface area contributed by atoms with Gasteiger partial charge in [0.25, 0.3) is 0 Å². The molecule has 0 spiro atoms. The summed E-state index contributed by atoms with van der Waals surface area (Å²) in [6, 6.07) is 15.4. The lowest BCUT2D eigenvalue weighted by Gasteiger charge is -2.30. The number of carbonyl (C=O) groups is 1. The molecule has 1 aliphatic heterocycles. The Labute approximate surface area is 187 Å². The van der Waals surface area contributed by atoms with Gasteiger partial charge in [0.05, 0.1) is 13.2 Å². The second kappa shape index (κ2) is 9.96. The van der Waals surface area contributed by atoms with Crippen molar-refractivity contribution in [2.24, 2.45) is 0 Å². The van der Waals surface area contributed by atoms with E-state index in [0.717, 1.165) is 49.1 Å².